The van der Waals surface area contributed by atoms with Crippen molar-refractivity contribution in [2.24, 2.45) is 5.73 Å². The third-order valence-corrected chi connectivity index (χ3v) is 7.47. The van der Waals surface area contributed by atoms with Gasteiger partial charge in [0.2, 0.25) is 0 Å². The van der Waals surface area contributed by atoms with Crippen molar-refractivity contribution in [2.45, 2.75) is 24.8 Å². The number of pyridine rings is 3. The van der Waals surface area contributed by atoms with Crippen LogP contribution in [0.5, 0.6) is 0 Å². The zero-order chi connectivity index (χ0) is 25.0. The Balaban J connectivity index is 1.48. The van der Waals surface area contributed by atoms with Crippen molar-refractivity contribution in [2.75, 3.05) is 0 Å². The highest BCUT2D eigenvalue weighted by molar-refractivity contribution is 5.92. The fraction of sp³-hybridized carbons (Fsp3) is 0.133. The first-order chi connectivity index (χ1) is 18.1. The maximum atomic E-state index is 12.6. The van der Waals surface area contributed by atoms with Crippen LogP contribution in [-0.4, -0.2) is 24.6 Å². The first-order valence-electron chi connectivity index (χ1n) is 12.4. The van der Waals surface area contributed by atoms with E-state index in [0.29, 0.717) is 17.0 Å². The minimum Gasteiger partial charge on any atom is -0.328 e. The quantitative estimate of drug-likeness (QED) is 0.353. The molecule has 0 bridgehead atoms. The Morgan fingerprint density at radius 1 is 0.838 bits per heavy atom. The van der Waals surface area contributed by atoms with E-state index in [-0.39, 0.29) is 11.1 Å². The molecule has 0 spiro atoms. The summed E-state index contributed by atoms with van der Waals surface area (Å²) in [5.74, 6) is 0.481. The Hall–Kier alpha value is -4.62. The van der Waals surface area contributed by atoms with Gasteiger partial charge in [-0.25, -0.2) is 4.98 Å². The van der Waals surface area contributed by atoms with Crippen molar-refractivity contribution in [3.8, 4) is 33.8 Å². The van der Waals surface area contributed by atoms with E-state index in [1.54, 1.807) is 18.3 Å². The molecule has 1 fully saturated rings. The summed E-state index contributed by atoms with van der Waals surface area (Å²) in [5, 5.41) is 8.70. The minimum absolute atomic E-state index is 0.205. The van der Waals surface area contributed by atoms with E-state index < -0.39 is 0 Å². The molecular weight excluding hydrogens is 460 g/mol. The SMILES string of the molecule is NC1(c2ccc(-c3nc4ccc5nnc(-c6ccc[nH]c6=O)n5c4cc3-c3ccccc3)cc2)CCC1. The van der Waals surface area contributed by atoms with Crippen LogP contribution in [0.15, 0.2) is 95.9 Å². The molecule has 7 nitrogen and oxygen atoms in total. The average Bonchev–Trinajstić information content (AvgIpc) is 3.36. The molecular formula is C30H24N6O. The lowest BCUT2D eigenvalue weighted by molar-refractivity contribution is 0.253. The van der Waals surface area contributed by atoms with Crippen molar-refractivity contribution in [1.82, 2.24) is 24.6 Å². The number of nitrogens with zero attached hydrogens (tertiary/aromatic N) is 4. The predicted molar refractivity (Wildman–Crippen MR) is 145 cm³/mol. The Bertz CT molecular complexity index is 1830. The largest absolute Gasteiger partial charge is 0.328 e. The summed E-state index contributed by atoms with van der Waals surface area (Å²) in [6, 6.07) is 28.2. The van der Waals surface area contributed by atoms with E-state index in [9.17, 15) is 4.79 Å². The van der Waals surface area contributed by atoms with Gasteiger partial charge in [-0.1, -0.05) is 54.6 Å². The molecule has 7 rings (SSSR count). The van der Waals surface area contributed by atoms with Gasteiger partial charge in [-0.3, -0.25) is 9.20 Å². The van der Waals surface area contributed by atoms with Gasteiger partial charge in [0, 0.05) is 22.9 Å². The first kappa shape index (κ1) is 21.6. The van der Waals surface area contributed by atoms with E-state index in [1.807, 2.05) is 34.7 Å². The maximum Gasteiger partial charge on any atom is 0.259 e. The minimum atomic E-state index is -0.217. The van der Waals surface area contributed by atoms with Crippen molar-refractivity contribution >= 4 is 16.7 Å². The van der Waals surface area contributed by atoms with Gasteiger partial charge in [0.25, 0.3) is 5.56 Å². The number of hydrogen-bond acceptors (Lipinski definition) is 5. The van der Waals surface area contributed by atoms with Gasteiger partial charge in [-0.15, -0.1) is 10.2 Å². The second-order valence-electron chi connectivity index (χ2n) is 9.71. The summed E-state index contributed by atoms with van der Waals surface area (Å²) in [4.78, 5) is 20.5. The Labute approximate surface area is 212 Å². The fourth-order valence-electron chi connectivity index (χ4n) is 5.25. The number of aromatic nitrogens is 5. The van der Waals surface area contributed by atoms with Gasteiger partial charge in [-0.2, -0.15) is 0 Å². The lowest BCUT2D eigenvalue weighted by atomic mass is 9.72. The van der Waals surface area contributed by atoms with E-state index in [2.05, 4.69) is 57.6 Å². The van der Waals surface area contributed by atoms with Crippen molar-refractivity contribution in [3.63, 3.8) is 0 Å². The van der Waals surface area contributed by atoms with Gasteiger partial charge in [0.05, 0.1) is 22.3 Å². The van der Waals surface area contributed by atoms with Gasteiger partial charge < -0.3 is 10.7 Å². The van der Waals surface area contributed by atoms with Crippen LogP contribution < -0.4 is 11.3 Å². The van der Waals surface area contributed by atoms with E-state index in [0.717, 1.165) is 46.3 Å². The molecule has 1 aliphatic carbocycles. The third kappa shape index (κ3) is 3.47. The predicted octanol–water partition coefficient (Wildman–Crippen LogP) is 5.30. The number of fused-ring (bicyclic) bond motifs is 3. The molecule has 4 aromatic heterocycles. The summed E-state index contributed by atoms with van der Waals surface area (Å²) in [7, 11) is 0. The van der Waals surface area contributed by atoms with Crippen LogP contribution in [0, 0.1) is 0 Å². The molecule has 3 N–H and O–H groups in total. The molecule has 37 heavy (non-hydrogen) atoms. The molecule has 0 amide bonds. The van der Waals surface area contributed by atoms with Crippen LogP contribution in [0.2, 0.25) is 0 Å². The lowest BCUT2D eigenvalue weighted by Crippen LogP contribution is -2.43. The molecule has 2 aromatic carbocycles. The molecule has 7 heteroatoms. The molecule has 1 aliphatic rings. The molecule has 0 atom stereocenters. The molecule has 4 heterocycles. The van der Waals surface area contributed by atoms with Crippen molar-refractivity contribution in [1.29, 1.82) is 0 Å². The number of benzene rings is 2. The summed E-state index contributed by atoms with van der Waals surface area (Å²) < 4.78 is 1.90. The van der Waals surface area contributed by atoms with E-state index in [1.165, 1.54) is 12.0 Å². The molecule has 0 aliphatic heterocycles. The number of H-pyrrole nitrogens is 1. The molecule has 0 saturated heterocycles. The highest BCUT2D eigenvalue weighted by Crippen LogP contribution is 2.40. The fourth-order valence-corrected chi connectivity index (χ4v) is 5.25. The number of nitrogens with one attached hydrogen (secondary N) is 1. The zero-order valence-corrected chi connectivity index (χ0v) is 20.1. The standard InChI is InChI=1S/C30H24N6O/c31-30(15-5-16-30)21-11-9-20(10-12-21)27-23(19-6-2-1-3-7-19)18-25-24(33-27)13-14-26-34-35-28(36(25)26)22-8-4-17-32-29(22)37/h1-4,6-14,17-18H,5,15-16,31H2,(H,32,37). The Kier molecular flexibility index (Phi) is 4.81. The monoisotopic (exact) mass is 484 g/mol. The van der Waals surface area contributed by atoms with Crippen LogP contribution in [0.25, 0.3) is 50.5 Å². The summed E-state index contributed by atoms with van der Waals surface area (Å²) in [6.07, 6.45) is 4.84. The van der Waals surface area contributed by atoms with Crippen LogP contribution in [-0.2, 0) is 5.54 Å². The third-order valence-electron chi connectivity index (χ3n) is 7.47. The zero-order valence-electron chi connectivity index (χ0n) is 20.1. The van der Waals surface area contributed by atoms with Crippen LogP contribution in [0.4, 0.5) is 0 Å². The first-order valence-corrected chi connectivity index (χ1v) is 12.4. The lowest BCUT2D eigenvalue weighted by Gasteiger charge is -2.38. The molecule has 1 saturated carbocycles. The second kappa shape index (κ2) is 8.21. The van der Waals surface area contributed by atoms with Crippen LogP contribution >= 0.6 is 0 Å². The number of aromatic amines is 1. The van der Waals surface area contributed by atoms with Gasteiger partial charge in [0.1, 0.15) is 0 Å². The van der Waals surface area contributed by atoms with Gasteiger partial charge >= 0.3 is 0 Å². The average molecular weight is 485 g/mol. The maximum absolute atomic E-state index is 12.6. The number of hydrogen-bond donors (Lipinski definition) is 2. The smallest absolute Gasteiger partial charge is 0.259 e. The van der Waals surface area contributed by atoms with E-state index in [4.69, 9.17) is 10.7 Å². The molecule has 0 unspecified atom stereocenters. The number of rotatable bonds is 4. The van der Waals surface area contributed by atoms with Crippen LogP contribution in [0.3, 0.4) is 0 Å². The van der Waals surface area contributed by atoms with Crippen molar-refractivity contribution in [3.05, 3.63) is 107 Å². The molecule has 6 aromatic rings. The number of nitrogens with two attached hydrogens (primary N) is 1. The second-order valence-corrected chi connectivity index (χ2v) is 9.71. The Morgan fingerprint density at radius 2 is 1.65 bits per heavy atom. The van der Waals surface area contributed by atoms with Gasteiger partial charge in [0.15, 0.2) is 11.5 Å². The highest BCUT2D eigenvalue weighted by atomic mass is 16.1. The normalized spacial score (nSPS) is 14.6. The summed E-state index contributed by atoms with van der Waals surface area (Å²) in [6.45, 7) is 0. The molecule has 0 radical (unpaired) electrons. The Morgan fingerprint density at radius 3 is 2.38 bits per heavy atom. The van der Waals surface area contributed by atoms with Crippen LogP contribution in [0.1, 0.15) is 24.8 Å². The van der Waals surface area contributed by atoms with Gasteiger partial charge in [-0.05, 0) is 60.7 Å². The summed E-state index contributed by atoms with van der Waals surface area (Å²) >= 11 is 0. The van der Waals surface area contributed by atoms with E-state index >= 15 is 0 Å². The summed E-state index contributed by atoms with van der Waals surface area (Å²) in [5.41, 5.74) is 14.0. The molecule has 180 valence electrons. The topological polar surface area (TPSA) is 102 Å². The van der Waals surface area contributed by atoms with Crippen molar-refractivity contribution < 1.29 is 0 Å². The highest BCUT2D eigenvalue weighted by Gasteiger charge is 2.34.